The zero-order chi connectivity index (χ0) is 10.7. The van der Waals surface area contributed by atoms with E-state index in [-0.39, 0.29) is 23.9 Å². The van der Waals surface area contributed by atoms with Gasteiger partial charge in [0.1, 0.15) is 0 Å². The van der Waals surface area contributed by atoms with E-state index in [1.165, 1.54) is 6.92 Å². The van der Waals surface area contributed by atoms with Gasteiger partial charge in [0.05, 0.1) is 12.3 Å². The number of hydrogen-bond donors (Lipinski definition) is 2. The third-order valence-electron chi connectivity index (χ3n) is 1.52. The molecule has 0 bridgehead atoms. The van der Waals surface area contributed by atoms with Gasteiger partial charge in [-0.05, 0) is 13.8 Å². The van der Waals surface area contributed by atoms with Gasteiger partial charge in [0, 0.05) is 0 Å². The summed E-state index contributed by atoms with van der Waals surface area (Å²) >= 11 is 0. The maximum atomic E-state index is 11.1. The molecule has 0 aliphatic heterocycles. The highest BCUT2D eigenvalue weighted by Gasteiger charge is 2.24. The minimum absolute atomic E-state index is 0.145. The molecule has 2 N–H and O–H groups in total. The summed E-state index contributed by atoms with van der Waals surface area (Å²) < 4.78 is 9.42. The van der Waals surface area contributed by atoms with Crippen molar-refractivity contribution < 1.29 is 24.0 Å². The fourth-order valence-electron chi connectivity index (χ4n) is 0.928. The molecule has 7 heteroatoms. The SMILES string of the molecule is CCOC(=O)c1nc(C)c(B(O)O)o1. The summed E-state index contributed by atoms with van der Waals surface area (Å²) in [5.41, 5.74) is 0.108. The number of carbonyl (C=O) groups is 1. The third kappa shape index (κ3) is 2.12. The fraction of sp³-hybridized carbons (Fsp3) is 0.429. The average molecular weight is 199 g/mol. The lowest BCUT2D eigenvalue weighted by atomic mass is 9.86. The van der Waals surface area contributed by atoms with Crippen LogP contribution in [0.1, 0.15) is 23.3 Å². The lowest BCUT2D eigenvalue weighted by Crippen LogP contribution is -2.30. The summed E-state index contributed by atoms with van der Waals surface area (Å²) in [7, 11) is -1.77. The van der Waals surface area contributed by atoms with E-state index in [0.717, 1.165) is 0 Å². The molecule has 0 fully saturated rings. The van der Waals surface area contributed by atoms with Gasteiger partial charge >= 0.3 is 19.0 Å². The van der Waals surface area contributed by atoms with Crippen LogP contribution >= 0.6 is 0 Å². The minimum Gasteiger partial charge on any atom is -0.459 e. The lowest BCUT2D eigenvalue weighted by Gasteiger charge is -1.95. The monoisotopic (exact) mass is 199 g/mol. The second-order valence-corrected chi connectivity index (χ2v) is 2.56. The summed E-state index contributed by atoms with van der Waals surface area (Å²) in [5, 5.41) is 17.6. The van der Waals surface area contributed by atoms with Crippen LogP contribution in [0.15, 0.2) is 4.42 Å². The number of rotatable bonds is 3. The molecule has 1 aromatic rings. The van der Waals surface area contributed by atoms with Crippen LogP contribution in [0.3, 0.4) is 0 Å². The van der Waals surface area contributed by atoms with Crippen molar-refractivity contribution in [2.24, 2.45) is 0 Å². The summed E-state index contributed by atoms with van der Waals surface area (Å²) in [6, 6.07) is 0. The molecule has 0 unspecified atom stereocenters. The van der Waals surface area contributed by atoms with E-state index in [0.29, 0.717) is 0 Å². The zero-order valence-electron chi connectivity index (χ0n) is 7.85. The maximum absolute atomic E-state index is 11.1. The molecule has 0 spiro atoms. The van der Waals surface area contributed by atoms with Gasteiger partial charge in [0.2, 0.25) is 0 Å². The van der Waals surface area contributed by atoms with Crippen molar-refractivity contribution in [2.75, 3.05) is 6.61 Å². The number of hydrogen-bond acceptors (Lipinski definition) is 6. The maximum Gasteiger partial charge on any atom is 0.528 e. The highest BCUT2D eigenvalue weighted by molar-refractivity contribution is 6.57. The van der Waals surface area contributed by atoms with Gasteiger partial charge in [-0.1, -0.05) is 0 Å². The van der Waals surface area contributed by atoms with Crippen molar-refractivity contribution in [1.82, 2.24) is 4.98 Å². The number of oxazole rings is 1. The molecule has 0 atom stereocenters. The minimum atomic E-state index is -1.77. The molecule has 0 amide bonds. The first kappa shape index (κ1) is 10.7. The molecule has 1 heterocycles. The lowest BCUT2D eigenvalue weighted by molar-refractivity contribution is 0.0482. The van der Waals surface area contributed by atoms with Crippen LogP contribution in [0, 0.1) is 6.92 Å². The Morgan fingerprint density at radius 1 is 1.64 bits per heavy atom. The van der Waals surface area contributed by atoms with Crippen molar-refractivity contribution in [3.63, 3.8) is 0 Å². The molecule has 0 aliphatic rings. The molecule has 1 aromatic heterocycles. The second-order valence-electron chi connectivity index (χ2n) is 2.56. The Balaban J connectivity index is 2.90. The highest BCUT2D eigenvalue weighted by atomic mass is 16.5. The molecule has 14 heavy (non-hydrogen) atoms. The van der Waals surface area contributed by atoms with Gasteiger partial charge in [-0.3, -0.25) is 0 Å². The quantitative estimate of drug-likeness (QED) is 0.471. The van der Waals surface area contributed by atoms with Gasteiger partial charge in [-0.25, -0.2) is 9.78 Å². The number of esters is 1. The average Bonchev–Trinajstić information content (AvgIpc) is 2.48. The molecular weight excluding hydrogens is 189 g/mol. The van der Waals surface area contributed by atoms with E-state index < -0.39 is 13.1 Å². The van der Waals surface area contributed by atoms with Crippen molar-refractivity contribution in [3.05, 3.63) is 11.6 Å². The van der Waals surface area contributed by atoms with Crippen LogP contribution < -0.4 is 5.66 Å². The van der Waals surface area contributed by atoms with Gasteiger partial charge < -0.3 is 19.2 Å². The molecule has 6 nitrogen and oxygen atoms in total. The summed E-state index contributed by atoms with van der Waals surface area (Å²) in [6.45, 7) is 3.35. The molecule has 1 rings (SSSR count). The van der Waals surface area contributed by atoms with Crippen molar-refractivity contribution in [2.45, 2.75) is 13.8 Å². The number of aromatic nitrogens is 1. The largest absolute Gasteiger partial charge is 0.528 e. The van der Waals surface area contributed by atoms with Gasteiger partial charge in [0.25, 0.3) is 0 Å². The number of carbonyl (C=O) groups excluding carboxylic acids is 1. The van der Waals surface area contributed by atoms with Crippen molar-refractivity contribution in [1.29, 1.82) is 0 Å². The molecule has 0 saturated carbocycles. The van der Waals surface area contributed by atoms with E-state index in [2.05, 4.69) is 9.72 Å². The van der Waals surface area contributed by atoms with Crippen LogP contribution in [0.5, 0.6) is 0 Å². The van der Waals surface area contributed by atoms with Gasteiger partial charge in [-0.2, -0.15) is 0 Å². The van der Waals surface area contributed by atoms with Crippen LogP contribution in [0.4, 0.5) is 0 Å². The Morgan fingerprint density at radius 3 is 2.71 bits per heavy atom. The van der Waals surface area contributed by atoms with Crippen LogP contribution in [0.25, 0.3) is 0 Å². The summed E-state index contributed by atoms with van der Waals surface area (Å²) in [6.07, 6.45) is 0. The standard InChI is InChI=1S/C7H10BNO5/c1-3-13-7(10)6-9-4(2)5(14-6)8(11)12/h11-12H,3H2,1-2H3. The first-order valence-electron chi connectivity index (χ1n) is 4.06. The van der Waals surface area contributed by atoms with Crippen LogP contribution in [-0.2, 0) is 4.74 Å². The number of ether oxygens (including phenoxy) is 1. The van der Waals surface area contributed by atoms with E-state index in [4.69, 9.17) is 14.5 Å². The Bertz CT molecular complexity index is 335. The number of aryl methyl sites for hydroxylation is 1. The Morgan fingerprint density at radius 2 is 2.29 bits per heavy atom. The third-order valence-corrected chi connectivity index (χ3v) is 1.52. The van der Waals surface area contributed by atoms with Crippen molar-refractivity contribution in [3.8, 4) is 0 Å². The van der Waals surface area contributed by atoms with E-state index in [9.17, 15) is 4.79 Å². The van der Waals surface area contributed by atoms with Crippen molar-refractivity contribution >= 4 is 18.7 Å². The second kappa shape index (κ2) is 4.25. The molecule has 0 aliphatic carbocycles. The van der Waals surface area contributed by atoms with E-state index in [1.807, 2.05) is 0 Å². The smallest absolute Gasteiger partial charge is 0.459 e. The Labute approximate surface area is 80.7 Å². The Hall–Kier alpha value is -1.34. The van der Waals surface area contributed by atoms with E-state index >= 15 is 0 Å². The first-order chi connectivity index (χ1) is 6.56. The van der Waals surface area contributed by atoms with Crippen LogP contribution in [0.2, 0.25) is 0 Å². The van der Waals surface area contributed by atoms with Gasteiger partial charge in [0.15, 0.2) is 5.66 Å². The normalized spacial score (nSPS) is 10.0. The number of nitrogens with zero attached hydrogens (tertiary/aromatic N) is 1. The van der Waals surface area contributed by atoms with E-state index in [1.54, 1.807) is 6.92 Å². The zero-order valence-corrected chi connectivity index (χ0v) is 7.85. The molecule has 76 valence electrons. The summed E-state index contributed by atoms with van der Waals surface area (Å²) in [5.74, 6) is -0.991. The Kier molecular flexibility index (Phi) is 3.26. The summed E-state index contributed by atoms with van der Waals surface area (Å²) in [4.78, 5) is 14.8. The predicted octanol–water partition coefficient (Wildman–Crippen LogP) is -1.16. The molecular formula is C7H10BNO5. The highest BCUT2D eigenvalue weighted by Crippen LogP contribution is 2.01. The predicted molar refractivity (Wildman–Crippen MR) is 47.0 cm³/mol. The molecule has 0 saturated heterocycles. The fourth-order valence-corrected chi connectivity index (χ4v) is 0.928. The molecule has 0 aromatic carbocycles. The van der Waals surface area contributed by atoms with Crippen LogP contribution in [-0.4, -0.2) is 34.7 Å². The first-order valence-corrected chi connectivity index (χ1v) is 4.06. The van der Waals surface area contributed by atoms with Gasteiger partial charge in [-0.15, -0.1) is 0 Å². The topological polar surface area (TPSA) is 92.8 Å². The molecule has 0 radical (unpaired) electrons.